The number of carbonyl (C=O) groups excluding carboxylic acids is 1. The van der Waals surface area contributed by atoms with Gasteiger partial charge in [-0.05, 0) is 48.4 Å². The highest BCUT2D eigenvalue weighted by Gasteiger charge is 2.19. The predicted molar refractivity (Wildman–Crippen MR) is 115 cm³/mol. The molecule has 0 aromatic heterocycles. The SMILES string of the molecule is CCCCCCCC(OC(=O)Oc1cccc(CC)c1CC)c1ccccc1. The van der Waals surface area contributed by atoms with Crippen molar-refractivity contribution in [3.63, 3.8) is 0 Å². The van der Waals surface area contributed by atoms with E-state index in [1.54, 1.807) is 0 Å². The number of benzene rings is 2. The Morgan fingerprint density at radius 1 is 0.857 bits per heavy atom. The van der Waals surface area contributed by atoms with Crippen LogP contribution in [0, 0.1) is 0 Å². The Balaban J connectivity index is 2.03. The Morgan fingerprint density at radius 3 is 2.29 bits per heavy atom. The van der Waals surface area contributed by atoms with Crippen LogP contribution in [0.2, 0.25) is 0 Å². The first-order valence-electron chi connectivity index (χ1n) is 10.7. The summed E-state index contributed by atoms with van der Waals surface area (Å²) in [5, 5.41) is 0. The Bertz CT molecular complexity index is 709. The van der Waals surface area contributed by atoms with Gasteiger partial charge >= 0.3 is 6.16 Å². The molecule has 152 valence electrons. The quantitative estimate of drug-likeness (QED) is 0.230. The Hall–Kier alpha value is -2.29. The first kappa shape index (κ1) is 22.0. The molecule has 0 aliphatic carbocycles. The topological polar surface area (TPSA) is 35.5 Å². The van der Waals surface area contributed by atoms with E-state index in [4.69, 9.17) is 9.47 Å². The fraction of sp³-hybridized carbons (Fsp3) is 0.480. The van der Waals surface area contributed by atoms with E-state index in [9.17, 15) is 4.79 Å². The molecule has 0 aliphatic rings. The van der Waals surface area contributed by atoms with Gasteiger partial charge in [0.25, 0.3) is 0 Å². The molecule has 3 heteroatoms. The number of unbranched alkanes of at least 4 members (excludes halogenated alkanes) is 4. The van der Waals surface area contributed by atoms with E-state index in [2.05, 4.69) is 26.8 Å². The maximum atomic E-state index is 12.6. The van der Waals surface area contributed by atoms with Crippen molar-refractivity contribution >= 4 is 6.16 Å². The molecule has 2 rings (SSSR count). The van der Waals surface area contributed by atoms with Crippen LogP contribution >= 0.6 is 0 Å². The first-order valence-corrected chi connectivity index (χ1v) is 10.7. The van der Waals surface area contributed by atoms with E-state index < -0.39 is 6.16 Å². The van der Waals surface area contributed by atoms with Crippen LogP contribution in [0.15, 0.2) is 48.5 Å². The maximum Gasteiger partial charge on any atom is 0.514 e. The van der Waals surface area contributed by atoms with Crippen molar-refractivity contribution in [3.8, 4) is 5.75 Å². The highest BCUT2D eigenvalue weighted by atomic mass is 16.7. The van der Waals surface area contributed by atoms with Gasteiger partial charge in [-0.3, -0.25) is 0 Å². The van der Waals surface area contributed by atoms with E-state index in [-0.39, 0.29) is 6.10 Å². The van der Waals surface area contributed by atoms with Crippen LogP contribution in [0.25, 0.3) is 0 Å². The molecule has 0 N–H and O–H groups in total. The van der Waals surface area contributed by atoms with Crippen molar-refractivity contribution in [3.05, 3.63) is 65.2 Å². The molecule has 2 aromatic rings. The molecule has 0 fully saturated rings. The minimum absolute atomic E-state index is 0.269. The third-order valence-corrected chi connectivity index (χ3v) is 5.14. The average Bonchev–Trinajstić information content (AvgIpc) is 2.73. The number of aryl methyl sites for hydroxylation is 1. The molecule has 3 nitrogen and oxygen atoms in total. The van der Waals surface area contributed by atoms with E-state index in [1.165, 1.54) is 24.8 Å². The summed E-state index contributed by atoms with van der Waals surface area (Å²) in [6, 6.07) is 15.8. The summed E-state index contributed by atoms with van der Waals surface area (Å²) < 4.78 is 11.4. The summed E-state index contributed by atoms with van der Waals surface area (Å²) >= 11 is 0. The van der Waals surface area contributed by atoms with E-state index in [0.29, 0.717) is 5.75 Å². The third-order valence-electron chi connectivity index (χ3n) is 5.14. The van der Waals surface area contributed by atoms with Crippen LogP contribution in [0.3, 0.4) is 0 Å². The summed E-state index contributed by atoms with van der Waals surface area (Å²) in [5.74, 6) is 0.613. The third kappa shape index (κ3) is 6.70. The van der Waals surface area contributed by atoms with Crippen LogP contribution in [-0.2, 0) is 17.6 Å². The van der Waals surface area contributed by atoms with E-state index in [1.807, 2.05) is 42.5 Å². The second kappa shape index (κ2) is 12.2. The second-order valence-corrected chi connectivity index (χ2v) is 7.17. The molecule has 0 amide bonds. The zero-order chi connectivity index (χ0) is 20.2. The zero-order valence-electron chi connectivity index (χ0n) is 17.6. The summed E-state index contributed by atoms with van der Waals surface area (Å²) in [7, 11) is 0. The molecular weight excluding hydrogens is 348 g/mol. The number of rotatable bonds is 11. The van der Waals surface area contributed by atoms with Gasteiger partial charge in [0.15, 0.2) is 0 Å². The van der Waals surface area contributed by atoms with Gasteiger partial charge in [-0.1, -0.05) is 88.9 Å². The lowest BCUT2D eigenvalue weighted by Crippen LogP contribution is -2.16. The van der Waals surface area contributed by atoms with Crippen molar-refractivity contribution in [1.82, 2.24) is 0 Å². The van der Waals surface area contributed by atoms with E-state index in [0.717, 1.165) is 43.2 Å². The van der Waals surface area contributed by atoms with Crippen molar-refractivity contribution in [2.24, 2.45) is 0 Å². The van der Waals surface area contributed by atoms with E-state index >= 15 is 0 Å². The standard InChI is InChI=1S/C25H34O3/c1-4-7-8-9-13-18-23(21-15-11-10-12-16-21)27-25(26)28-24-19-14-17-20(5-2)22(24)6-3/h10-12,14-17,19,23H,4-9,13,18H2,1-3H3. The normalized spacial score (nSPS) is 11.8. The maximum absolute atomic E-state index is 12.6. The van der Waals surface area contributed by atoms with Gasteiger partial charge in [0.1, 0.15) is 11.9 Å². The highest BCUT2D eigenvalue weighted by Crippen LogP contribution is 2.27. The van der Waals surface area contributed by atoms with Gasteiger partial charge in [-0.25, -0.2) is 4.79 Å². The monoisotopic (exact) mass is 382 g/mol. The van der Waals surface area contributed by atoms with Crippen molar-refractivity contribution in [2.45, 2.75) is 78.2 Å². The molecule has 0 bridgehead atoms. The number of carbonyl (C=O) groups is 1. The number of ether oxygens (including phenoxy) is 2. The Morgan fingerprint density at radius 2 is 1.61 bits per heavy atom. The van der Waals surface area contributed by atoms with Gasteiger partial charge in [-0.2, -0.15) is 0 Å². The second-order valence-electron chi connectivity index (χ2n) is 7.17. The number of hydrogen-bond donors (Lipinski definition) is 0. The largest absolute Gasteiger partial charge is 0.514 e. The first-order chi connectivity index (χ1) is 13.7. The van der Waals surface area contributed by atoms with Gasteiger partial charge < -0.3 is 9.47 Å². The highest BCUT2D eigenvalue weighted by molar-refractivity contribution is 5.65. The van der Waals surface area contributed by atoms with Crippen LogP contribution in [0.4, 0.5) is 4.79 Å². The van der Waals surface area contributed by atoms with Gasteiger partial charge in [0, 0.05) is 0 Å². The fourth-order valence-corrected chi connectivity index (χ4v) is 3.56. The smallest absolute Gasteiger partial charge is 0.426 e. The molecule has 0 spiro atoms. The molecule has 0 radical (unpaired) electrons. The Kier molecular flexibility index (Phi) is 9.61. The zero-order valence-corrected chi connectivity index (χ0v) is 17.6. The van der Waals surface area contributed by atoms with Crippen LogP contribution in [-0.4, -0.2) is 6.16 Å². The lowest BCUT2D eigenvalue weighted by atomic mass is 10.0. The fourth-order valence-electron chi connectivity index (χ4n) is 3.56. The summed E-state index contributed by atoms with van der Waals surface area (Å²) in [4.78, 5) is 12.6. The van der Waals surface area contributed by atoms with Crippen molar-refractivity contribution in [2.75, 3.05) is 0 Å². The van der Waals surface area contributed by atoms with Crippen molar-refractivity contribution < 1.29 is 14.3 Å². The lowest BCUT2D eigenvalue weighted by Gasteiger charge is -2.19. The summed E-state index contributed by atoms with van der Waals surface area (Å²) in [6.45, 7) is 6.40. The predicted octanol–water partition coefficient (Wildman–Crippen LogP) is 7.43. The average molecular weight is 383 g/mol. The molecule has 0 saturated carbocycles. The molecule has 0 aliphatic heterocycles. The van der Waals surface area contributed by atoms with Gasteiger partial charge in [0.05, 0.1) is 0 Å². The molecule has 1 unspecified atom stereocenters. The summed E-state index contributed by atoms with van der Waals surface area (Å²) in [6.07, 6.45) is 7.58. The molecule has 0 heterocycles. The van der Waals surface area contributed by atoms with Crippen LogP contribution in [0.1, 0.15) is 82.1 Å². The van der Waals surface area contributed by atoms with Crippen LogP contribution in [0.5, 0.6) is 5.75 Å². The minimum Gasteiger partial charge on any atom is -0.426 e. The number of hydrogen-bond acceptors (Lipinski definition) is 3. The Labute approximate surface area is 170 Å². The molecule has 28 heavy (non-hydrogen) atoms. The lowest BCUT2D eigenvalue weighted by molar-refractivity contribution is 0.0525. The molecule has 2 aromatic carbocycles. The minimum atomic E-state index is -0.620. The van der Waals surface area contributed by atoms with Gasteiger partial charge in [0.2, 0.25) is 0 Å². The van der Waals surface area contributed by atoms with Gasteiger partial charge in [-0.15, -0.1) is 0 Å². The van der Waals surface area contributed by atoms with Crippen LogP contribution < -0.4 is 4.74 Å². The van der Waals surface area contributed by atoms with Crippen molar-refractivity contribution in [1.29, 1.82) is 0 Å². The molecular formula is C25H34O3. The summed E-state index contributed by atoms with van der Waals surface area (Å²) in [5.41, 5.74) is 3.31. The molecule has 0 saturated heterocycles. The molecule has 1 atom stereocenters.